The summed E-state index contributed by atoms with van der Waals surface area (Å²) in [5.74, 6) is -3.59. The van der Waals surface area contributed by atoms with Gasteiger partial charge in [0.25, 0.3) is 5.92 Å². The van der Waals surface area contributed by atoms with Crippen LogP contribution in [0.5, 0.6) is 0 Å². The van der Waals surface area contributed by atoms with Crippen LogP contribution in [0.25, 0.3) is 16.9 Å². The molecule has 0 radical (unpaired) electrons. The van der Waals surface area contributed by atoms with Crippen molar-refractivity contribution in [1.29, 1.82) is 5.26 Å². The molecular weight excluding hydrogens is 366 g/mol. The molecule has 3 aromatic rings. The van der Waals surface area contributed by atoms with E-state index in [1.807, 2.05) is 0 Å². The SMILES string of the molecule is CC(F)(F)c1ccnc(-n2cc(C3CC3C#N)c3cnc(CC(N)=O)cc32)n1. The van der Waals surface area contributed by atoms with Gasteiger partial charge in [-0.25, -0.2) is 9.97 Å². The largest absolute Gasteiger partial charge is 0.369 e. The summed E-state index contributed by atoms with van der Waals surface area (Å²) in [6.07, 6.45) is 5.34. The second kappa shape index (κ2) is 6.34. The Morgan fingerprint density at radius 1 is 1.46 bits per heavy atom. The van der Waals surface area contributed by atoms with Gasteiger partial charge in [0.15, 0.2) is 0 Å². The molecule has 2 unspecified atom stereocenters. The molecule has 0 aliphatic heterocycles. The predicted octanol–water partition coefficient (Wildman–Crippen LogP) is 2.58. The fraction of sp³-hybridized carbons (Fsp3) is 0.316. The normalized spacial score (nSPS) is 18.8. The first kappa shape index (κ1) is 18.0. The molecule has 0 aromatic carbocycles. The number of nitrogens with two attached hydrogens (primary N) is 1. The standard InChI is InChI=1S/C19H16F2N6O/c1-19(20,21)16-2-3-24-18(26-16)27-9-14(12-4-10(12)7-22)13-8-25-11(5-15(13)27)6-17(23)28/h2-3,5,8-10,12H,4,6H2,1H3,(H2,23,28). The first-order chi connectivity index (χ1) is 13.3. The lowest BCUT2D eigenvalue weighted by Crippen LogP contribution is -2.14. The third kappa shape index (κ3) is 3.17. The number of hydrogen-bond acceptors (Lipinski definition) is 5. The van der Waals surface area contributed by atoms with Crippen LogP contribution >= 0.6 is 0 Å². The molecule has 3 aromatic heterocycles. The second-order valence-corrected chi connectivity index (χ2v) is 7.00. The number of carbonyl (C=O) groups is 1. The van der Waals surface area contributed by atoms with E-state index in [2.05, 4.69) is 21.0 Å². The Labute approximate surface area is 158 Å². The highest BCUT2D eigenvalue weighted by Gasteiger charge is 2.40. The van der Waals surface area contributed by atoms with E-state index in [1.54, 1.807) is 23.0 Å². The van der Waals surface area contributed by atoms with E-state index in [-0.39, 0.29) is 24.2 Å². The van der Waals surface area contributed by atoms with Gasteiger partial charge in [0, 0.05) is 36.8 Å². The van der Waals surface area contributed by atoms with Crippen molar-refractivity contribution in [2.75, 3.05) is 0 Å². The highest BCUT2D eigenvalue weighted by Crippen LogP contribution is 2.49. The van der Waals surface area contributed by atoms with Crippen LogP contribution in [0.1, 0.15) is 36.2 Å². The molecule has 0 spiro atoms. The minimum atomic E-state index is -3.11. The van der Waals surface area contributed by atoms with Gasteiger partial charge >= 0.3 is 0 Å². The first-order valence-electron chi connectivity index (χ1n) is 8.67. The van der Waals surface area contributed by atoms with Gasteiger partial charge in [-0.15, -0.1) is 0 Å². The van der Waals surface area contributed by atoms with E-state index in [9.17, 15) is 18.8 Å². The number of carbonyl (C=O) groups excluding carboxylic acids is 1. The summed E-state index contributed by atoms with van der Waals surface area (Å²) in [6.45, 7) is 0.773. The van der Waals surface area contributed by atoms with E-state index < -0.39 is 17.5 Å². The molecule has 28 heavy (non-hydrogen) atoms. The van der Waals surface area contributed by atoms with E-state index in [0.717, 1.165) is 24.3 Å². The average Bonchev–Trinajstić information content (AvgIpc) is 3.33. The van der Waals surface area contributed by atoms with Crippen molar-refractivity contribution >= 4 is 16.8 Å². The zero-order valence-electron chi connectivity index (χ0n) is 14.9. The van der Waals surface area contributed by atoms with Crippen molar-refractivity contribution in [2.45, 2.75) is 31.6 Å². The lowest BCUT2D eigenvalue weighted by atomic mass is 10.1. The molecule has 9 heteroatoms. The van der Waals surface area contributed by atoms with Gasteiger partial charge in [0.2, 0.25) is 11.9 Å². The molecule has 1 saturated carbocycles. The fourth-order valence-electron chi connectivity index (χ4n) is 3.31. The molecule has 0 saturated heterocycles. The second-order valence-electron chi connectivity index (χ2n) is 7.00. The molecule has 3 heterocycles. The van der Waals surface area contributed by atoms with Gasteiger partial charge in [0.05, 0.1) is 29.6 Å². The topological polar surface area (TPSA) is 110 Å². The van der Waals surface area contributed by atoms with Crippen molar-refractivity contribution in [3.8, 4) is 12.0 Å². The summed E-state index contributed by atoms with van der Waals surface area (Å²) < 4.78 is 29.0. The molecule has 2 N–H and O–H groups in total. The summed E-state index contributed by atoms with van der Waals surface area (Å²) in [7, 11) is 0. The zero-order chi connectivity index (χ0) is 20.1. The van der Waals surface area contributed by atoms with E-state index in [4.69, 9.17) is 5.73 Å². The molecule has 2 atom stereocenters. The third-order valence-electron chi connectivity index (χ3n) is 4.80. The van der Waals surface area contributed by atoms with Gasteiger partial charge in [-0.1, -0.05) is 0 Å². The number of alkyl halides is 2. The number of pyridine rings is 1. The van der Waals surface area contributed by atoms with Crippen LogP contribution in [0, 0.1) is 17.2 Å². The lowest BCUT2D eigenvalue weighted by Gasteiger charge is -2.11. The van der Waals surface area contributed by atoms with Crippen LogP contribution in [-0.2, 0) is 17.1 Å². The number of halogens is 2. The lowest BCUT2D eigenvalue weighted by molar-refractivity contribution is -0.117. The molecule has 1 fully saturated rings. The number of amides is 1. The Bertz CT molecular complexity index is 1130. The minimum Gasteiger partial charge on any atom is -0.369 e. The first-order valence-corrected chi connectivity index (χ1v) is 8.67. The molecule has 7 nitrogen and oxygen atoms in total. The molecule has 4 rings (SSSR count). The number of rotatable bonds is 5. The minimum absolute atomic E-state index is 0.0470. The number of hydrogen-bond donors (Lipinski definition) is 1. The fourth-order valence-corrected chi connectivity index (χ4v) is 3.31. The summed E-state index contributed by atoms with van der Waals surface area (Å²) >= 11 is 0. The smallest absolute Gasteiger partial charge is 0.287 e. The monoisotopic (exact) mass is 382 g/mol. The quantitative estimate of drug-likeness (QED) is 0.729. The van der Waals surface area contributed by atoms with Crippen molar-refractivity contribution in [1.82, 2.24) is 19.5 Å². The predicted molar refractivity (Wildman–Crippen MR) is 95.6 cm³/mol. The Balaban J connectivity index is 1.89. The van der Waals surface area contributed by atoms with Crippen LogP contribution in [0.2, 0.25) is 0 Å². The van der Waals surface area contributed by atoms with Crippen molar-refractivity contribution in [3.63, 3.8) is 0 Å². The van der Waals surface area contributed by atoms with Crippen LogP contribution < -0.4 is 5.73 Å². The Morgan fingerprint density at radius 2 is 2.25 bits per heavy atom. The maximum Gasteiger partial charge on any atom is 0.287 e. The maximum atomic E-state index is 13.7. The van der Waals surface area contributed by atoms with Crippen LogP contribution in [0.15, 0.2) is 30.7 Å². The molecular formula is C19H16F2N6O. The number of primary amides is 1. The summed E-state index contributed by atoms with van der Waals surface area (Å²) in [5.41, 5.74) is 6.83. The zero-order valence-corrected chi connectivity index (χ0v) is 14.9. The Hall–Kier alpha value is -3.41. The van der Waals surface area contributed by atoms with Gasteiger partial charge in [-0.3, -0.25) is 14.3 Å². The molecule has 1 amide bonds. The summed E-state index contributed by atoms with van der Waals surface area (Å²) in [6, 6.07) is 5.09. The molecule has 1 aliphatic rings. The highest BCUT2D eigenvalue weighted by atomic mass is 19.3. The average molecular weight is 382 g/mol. The van der Waals surface area contributed by atoms with Gasteiger partial charge in [-0.05, 0) is 24.1 Å². The van der Waals surface area contributed by atoms with Crippen molar-refractivity contribution in [2.24, 2.45) is 11.7 Å². The molecule has 142 valence electrons. The van der Waals surface area contributed by atoms with Crippen molar-refractivity contribution in [3.05, 3.63) is 47.7 Å². The molecule has 0 bridgehead atoms. The van der Waals surface area contributed by atoms with Crippen LogP contribution in [0.3, 0.4) is 0 Å². The Kier molecular flexibility index (Phi) is 4.07. The van der Waals surface area contributed by atoms with Gasteiger partial charge in [0.1, 0.15) is 5.69 Å². The van der Waals surface area contributed by atoms with Crippen LogP contribution in [0.4, 0.5) is 8.78 Å². The summed E-state index contributed by atoms with van der Waals surface area (Å²) in [4.78, 5) is 23.7. The maximum absolute atomic E-state index is 13.7. The van der Waals surface area contributed by atoms with E-state index in [0.29, 0.717) is 11.2 Å². The molecule has 1 aliphatic carbocycles. The number of nitrogens with zero attached hydrogens (tertiary/aromatic N) is 5. The van der Waals surface area contributed by atoms with E-state index >= 15 is 0 Å². The highest BCUT2D eigenvalue weighted by molar-refractivity contribution is 5.87. The third-order valence-corrected chi connectivity index (χ3v) is 4.80. The number of fused-ring (bicyclic) bond motifs is 1. The Morgan fingerprint density at radius 3 is 2.89 bits per heavy atom. The van der Waals surface area contributed by atoms with E-state index in [1.165, 1.54) is 12.3 Å². The van der Waals surface area contributed by atoms with Crippen LogP contribution in [-0.4, -0.2) is 25.4 Å². The number of aromatic nitrogens is 4. The van der Waals surface area contributed by atoms with Gasteiger partial charge in [-0.2, -0.15) is 14.0 Å². The number of nitriles is 1. The van der Waals surface area contributed by atoms with Crippen molar-refractivity contribution < 1.29 is 13.6 Å². The summed E-state index contributed by atoms with van der Waals surface area (Å²) in [5, 5.41) is 9.94. The van der Waals surface area contributed by atoms with Gasteiger partial charge < -0.3 is 5.73 Å².